The molecule has 24 nitrogen and oxygen atoms in total. The van der Waals surface area contributed by atoms with Crippen LogP contribution in [0.3, 0.4) is 0 Å². The number of carboxylic acid groups (broad SMARTS) is 1. The third-order valence-electron chi connectivity index (χ3n) is 15.4. The lowest BCUT2D eigenvalue weighted by Gasteiger charge is -2.46. The Balaban J connectivity index is 1.82. The summed E-state index contributed by atoms with van der Waals surface area (Å²) in [5.74, 6) is -2.57. The standard InChI is InChI=1S/C67H110N4O20/c1-16-26-81-44-66(43-80-21-6,45-82-27-17-2)49-90-56(76)68-37-63(13)33-51(31-60(7,8)35-63)70-58(78)88-40-62(11,12)39-86-53(72)24-22-23-25-54(73)87-41-65(15,55(74)75)42-89-59(79)71-52-32-61(9,10)36-64(14,34-52)38-69-57(77)91-50-67(46-83-28-18-3,47-84-29-19-4)48-85-30-20-5/h16-21,51-52H,1-6,22-50H2,7-15H3,(H,68,76)(H,69,77)(H,70,78)(H,71,79)(H,74,75)/t51?,52?,63?,64?,65-/m0/s1. The summed E-state index contributed by atoms with van der Waals surface area (Å²) in [5, 5.41) is 21.8. The molecule has 24 heteroatoms. The number of ether oxygens (including phenoxy) is 12. The number of amides is 4. The molecule has 2 rings (SSSR count). The van der Waals surface area contributed by atoms with E-state index in [0.29, 0.717) is 32.1 Å². The van der Waals surface area contributed by atoms with Crippen molar-refractivity contribution in [2.75, 3.05) is 125 Å². The van der Waals surface area contributed by atoms with Crippen LogP contribution in [-0.4, -0.2) is 185 Å². The summed E-state index contributed by atoms with van der Waals surface area (Å²) in [4.78, 5) is 90.7. The van der Waals surface area contributed by atoms with E-state index in [4.69, 9.17) is 56.8 Å². The molecule has 0 heterocycles. The lowest BCUT2D eigenvalue weighted by atomic mass is 9.62. The van der Waals surface area contributed by atoms with Gasteiger partial charge in [-0.2, -0.15) is 0 Å². The van der Waals surface area contributed by atoms with E-state index < -0.39 is 94.0 Å². The largest absolute Gasteiger partial charge is 0.501 e. The zero-order valence-corrected chi connectivity index (χ0v) is 56.1. The Kier molecular flexibility index (Phi) is 35.3. The van der Waals surface area contributed by atoms with Crippen molar-refractivity contribution >= 4 is 42.3 Å². The van der Waals surface area contributed by atoms with E-state index in [1.165, 1.54) is 13.2 Å². The molecule has 2 aliphatic carbocycles. The van der Waals surface area contributed by atoms with Crippen molar-refractivity contribution in [3.8, 4) is 0 Å². The number of hydrogen-bond donors (Lipinski definition) is 5. The van der Waals surface area contributed by atoms with Crippen molar-refractivity contribution in [1.82, 2.24) is 21.3 Å². The minimum atomic E-state index is -1.78. The number of alkyl carbamates (subject to hydrolysis) is 4. The minimum Gasteiger partial charge on any atom is -0.501 e. The maximum atomic E-state index is 13.2. The summed E-state index contributed by atoms with van der Waals surface area (Å²) in [7, 11) is 0. The van der Waals surface area contributed by atoms with Gasteiger partial charge in [0.25, 0.3) is 0 Å². The van der Waals surface area contributed by atoms with E-state index in [2.05, 4.69) is 95.4 Å². The zero-order valence-electron chi connectivity index (χ0n) is 56.1. The van der Waals surface area contributed by atoms with Crippen LogP contribution < -0.4 is 21.3 Å². The first-order chi connectivity index (χ1) is 42.8. The molecule has 2 saturated carbocycles. The molecule has 4 unspecified atom stereocenters. The third-order valence-corrected chi connectivity index (χ3v) is 15.4. The maximum absolute atomic E-state index is 13.2. The van der Waals surface area contributed by atoms with Crippen molar-refractivity contribution in [2.45, 2.75) is 139 Å². The molecule has 0 spiro atoms. The summed E-state index contributed by atoms with van der Waals surface area (Å²) in [5.41, 5.74) is -5.57. The topological polar surface area (TPSA) is 299 Å². The van der Waals surface area contributed by atoms with Gasteiger partial charge in [0, 0.05) is 43.4 Å². The summed E-state index contributed by atoms with van der Waals surface area (Å²) in [6.07, 6.45) is 10.7. The number of nitrogens with one attached hydrogen (secondary N) is 4. The first kappa shape index (κ1) is 80.6. The quantitative estimate of drug-likeness (QED) is 0.0124. The Hall–Kier alpha value is -6.47. The van der Waals surface area contributed by atoms with Crippen LogP contribution in [0.25, 0.3) is 0 Å². The third kappa shape index (κ3) is 33.1. The first-order valence-corrected chi connectivity index (χ1v) is 31.2. The van der Waals surface area contributed by atoms with E-state index >= 15 is 0 Å². The highest BCUT2D eigenvalue weighted by Crippen LogP contribution is 2.47. The molecule has 4 amide bonds. The molecular weight excluding hydrogens is 1180 g/mol. The van der Waals surface area contributed by atoms with E-state index in [-0.39, 0.29) is 155 Å². The minimum absolute atomic E-state index is 0.0146. The van der Waals surface area contributed by atoms with Crippen LogP contribution in [-0.2, 0) is 71.2 Å². The van der Waals surface area contributed by atoms with Gasteiger partial charge in [-0.1, -0.05) is 92.3 Å². The zero-order chi connectivity index (χ0) is 68.3. The highest BCUT2D eigenvalue weighted by atomic mass is 16.6. The fourth-order valence-corrected chi connectivity index (χ4v) is 11.7. The Labute approximate surface area is 540 Å². The summed E-state index contributed by atoms with van der Waals surface area (Å²) in [6.45, 7) is 40.8. The number of carboxylic acids is 1. The summed E-state index contributed by atoms with van der Waals surface area (Å²) in [6, 6.07) is -0.664. The maximum Gasteiger partial charge on any atom is 0.407 e. The van der Waals surface area contributed by atoms with Crippen molar-refractivity contribution in [1.29, 1.82) is 0 Å². The lowest BCUT2D eigenvalue weighted by Crippen LogP contribution is -2.51. The fraction of sp³-hybridized carbons (Fsp3) is 0.716. The van der Waals surface area contributed by atoms with Gasteiger partial charge in [0.2, 0.25) is 0 Å². The van der Waals surface area contributed by atoms with E-state index in [0.717, 1.165) is 6.42 Å². The number of unbranched alkanes of at least 4 members (excludes halogenated alkanes) is 1. The number of aliphatic carboxylic acids is 1. The van der Waals surface area contributed by atoms with Crippen LogP contribution in [0.1, 0.15) is 127 Å². The Morgan fingerprint density at radius 2 is 0.780 bits per heavy atom. The molecule has 5 N–H and O–H groups in total. The molecular formula is C67H110N4O20. The van der Waals surface area contributed by atoms with E-state index in [9.17, 15) is 38.7 Å². The normalized spacial score (nSPS) is 20.1. The first-order valence-electron chi connectivity index (χ1n) is 31.2. The van der Waals surface area contributed by atoms with Gasteiger partial charge < -0.3 is 83.2 Å². The van der Waals surface area contributed by atoms with Crippen LogP contribution >= 0.6 is 0 Å². The highest BCUT2D eigenvalue weighted by Gasteiger charge is 2.45. The summed E-state index contributed by atoms with van der Waals surface area (Å²) >= 11 is 0. The molecule has 2 aliphatic rings. The second-order valence-corrected chi connectivity index (χ2v) is 27.9. The van der Waals surface area contributed by atoms with E-state index in [1.807, 2.05) is 6.92 Å². The van der Waals surface area contributed by atoms with Crippen molar-refractivity contribution < 1.29 is 95.5 Å². The van der Waals surface area contributed by atoms with Gasteiger partial charge in [0.05, 0.1) is 89.8 Å². The molecule has 0 aromatic rings. The van der Waals surface area contributed by atoms with E-state index in [1.54, 1.807) is 44.2 Å². The summed E-state index contributed by atoms with van der Waals surface area (Å²) < 4.78 is 67.6. The van der Waals surface area contributed by atoms with Crippen molar-refractivity contribution in [2.24, 2.45) is 43.3 Å². The van der Waals surface area contributed by atoms with Gasteiger partial charge in [-0.05, 0) is 80.0 Å². The van der Waals surface area contributed by atoms with Crippen molar-refractivity contribution in [3.63, 3.8) is 0 Å². The molecule has 0 bridgehead atoms. The van der Waals surface area contributed by atoms with Crippen molar-refractivity contribution in [3.05, 3.63) is 76.1 Å². The molecule has 0 aromatic heterocycles. The molecule has 0 radical (unpaired) electrons. The van der Waals surface area contributed by atoms with Gasteiger partial charge in [-0.25, -0.2) is 19.2 Å². The number of carbonyl (C=O) groups is 7. The second-order valence-electron chi connectivity index (χ2n) is 27.9. The Morgan fingerprint density at radius 3 is 1.14 bits per heavy atom. The molecule has 2 fully saturated rings. The Morgan fingerprint density at radius 1 is 0.451 bits per heavy atom. The fourth-order valence-electron chi connectivity index (χ4n) is 11.7. The number of carbonyl (C=O) groups excluding carboxylic acids is 6. The average Bonchev–Trinajstić information content (AvgIpc) is 0.832. The molecule has 518 valence electrons. The Bertz CT molecular complexity index is 2310. The number of rotatable bonds is 47. The van der Waals surface area contributed by atoms with Crippen LogP contribution in [0, 0.1) is 43.3 Å². The predicted octanol–water partition coefficient (Wildman–Crippen LogP) is 9.97. The van der Waals surface area contributed by atoms with Gasteiger partial charge in [-0.15, -0.1) is 32.9 Å². The number of hydrogen-bond acceptors (Lipinski definition) is 19. The molecule has 0 aromatic carbocycles. The number of esters is 2. The molecule has 0 saturated heterocycles. The van der Waals surface area contributed by atoms with Crippen LogP contribution in [0.2, 0.25) is 0 Å². The van der Waals surface area contributed by atoms with Crippen LogP contribution in [0.5, 0.6) is 0 Å². The second kappa shape index (κ2) is 39.8. The highest BCUT2D eigenvalue weighted by molar-refractivity contribution is 5.77. The molecule has 0 aliphatic heterocycles. The van der Waals surface area contributed by atoms with Crippen LogP contribution in [0.15, 0.2) is 76.1 Å². The lowest BCUT2D eigenvalue weighted by molar-refractivity contribution is -0.161. The molecule has 5 atom stereocenters. The monoisotopic (exact) mass is 1290 g/mol. The smallest absolute Gasteiger partial charge is 0.407 e. The average molecular weight is 1290 g/mol. The van der Waals surface area contributed by atoms with Gasteiger partial charge in [-0.3, -0.25) is 14.4 Å². The molecule has 91 heavy (non-hydrogen) atoms. The SMILES string of the molecule is C=CCOCC(COC=C)(COCC=C)COC(=O)NCC1(C)CC(NC(=O)OCC(C)(C)COC(=O)CCCCC(=O)OC[C@@](C)(COC(=O)NC2CC(C)(C)CC(C)(CNC(=O)OCC(COCC=C)(COCC=C)COCC=C)C2)C(=O)O)CC(C)(C)C1. The van der Waals surface area contributed by atoms with Gasteiger partial charge in [0.15, 0.2) is 0 Å². The predicted molar refractivity (Wildman–Crippen MR) is 343 cm³/mol. The van der Waals surface area contributed by atoms with Gasteiger partial charge >= 0.3 is 42.3 Å². The van der Waals surface area contributed by atoms with Crippen LogP contribution in [0.4, 0.5) is 19.2 Å². The van der Waals surface area contributed by atoms with Gasteiger partial charge in [0.1, 0.15) is 45.1 Å².